The van der Waals surface area contributed by atoms with E-state index in [0.717, 1.165) is 31.9 Å². The van der Waals surface area contributed by atoms with Crippen LogP contribution in [0.5, 0.6) is 0 Å². The Bertz CT molecular complexity index is 777. The van der Waals surface area contributed by atoms with E-state index in [4.69, 9.17) is 0 Å². The number of anilines is 2. The first-order chi connectivity index (χ1) is 11.4. The monoisotopic (exact) mass is 351 g/mol. The summed E-state index contributed by atoms with van der Waals surface area (Å²) >= 11 is 0. The average Bonchev–Trinajstić information content (AvgIpc) is 2.52. The van der Waals surface area contributed by atoms with Gasteiger partial charge in [0.1, 0.15) is 11.6 Å². The van der Waals surface area contributed by atoms with Crippen molar-refractivity contribution < 1.29 is 12.8 Å². The summed E-state index contributed by atoms with van der Waals surface area (Å²) in [5.74, 6) is 0.235. The van der Waals surface area contributed by atoms with Gasteiger partial charge in [-0.05, 0) is 49.2 Å². The van der Waals surface area contributed by atoms with Gasteiger partial charge in [-0.3, -0.25) is 4.72 Å². The first kappa shape index (κ1) is 18.2. The lowest BCUT2D eigenvalue weighted by Crippen LogP contribution is -2.14. The molecule has 2 rings (SSSR count). The number of aromatic nitrogens is 1. The molecule has 2 aromatic rings. The van der Waals surface area contributed by atoms with Gasteiger partial charge in [-0.2, -0.15) is 0 Å². The molecule has 1 heterocycles. The van der Waals surface area contributed by atoms with Gasteiger partial charge in [0, 0.05) is 6.54 Å². The van der Waals surface area contributed by atoms with Crippen LogP contribution in [0.4, 0.5) is 15.9 Å². The number of nitrogens with zero attached hydrogens (tertiary/aromatic N) is 1. The molecule has 0 fully saturated rings. The molecule has 0 aliphatic heterocycles. The lowest BCUT2D eigenvalue weighted by Gasteiger charge is -2.11. The molecule has 0 spiro atoms. The largest absolute Gasteiger partial charge is 0.370 e. The molecular weight excluding hydrogens is 329 g/mol. The SMILES string of the molecule is CCCCCNc1ccc(NS(=O)(=O)c2ccc(F)cc2C)cn1. The molecule has 1 aromatic carbocycles. The van der Waals surface area contributed by atoms with E-state index in [9.17, 15) is 12.8 Å². The number of rotatable bonds is 8. The maximum atomic E-state index is 13.1. The summed E-state index contributed by atoms with van der Waals surface area (Å²) in [6.45, 7) is 4.53. The van der Waals surface area contributed by atoms with Crippen LogP contribution >= 0.6 is 0 Å². The van der Waals surface area contributed by atoms with Crippen LogP contribution in [-0.4, -0.2) is 19.9 Å². The summed E-state index contributed by atoms with van der Waals surface area (Å²) in [6, 6.07) is 6.94. The zero-order valence-corrected chi connectivity index (χ0v) is 14.7. The molecule has 130 valence electrons. The molecule has 0 atom stereocenters. The number of benzene rings is 1. The number of unbranched alkanes of at least 4 members (excludes halogenated alkanes) is 2. The van der Waals surface area contributed by atoms with Crippen LogP contribution in [0.15, 0.2) is 41.4 Å². The van der Waals surface area contributed by atoms with Crippen LogP contribution in [-0.2, 0) is 10.0 Å². The van der Waals surface area contributed by atoms with E-state index >= 15 is 0 Å². The van der Waals surface area contributed by atoms with Crippen LogP contribution in [0.3, 0.4) is 0 Å². The molecular formula is C17H22FN3O2S. The minimum absolute atomic E-state index is 0.0469. The van der Waals surface area contributed by atoms with Crippen molar-refractivity contribution in [3.8, 4) is 0 Å². The summed E-state index contributed by atoms with van der Waals surface area (Å²) in [5, 5.41) is 3.19. The number of hydrogen-bond donors (Lipinski definition) is 2. The second-order valence-corrected chi connectivity index (χ2v) is 7.23. The molecule has 0 unspecified atom stereocenters. The predicted octanol–water partition coefficient (Wildman–Crippen LogP) is 3.93. The fraction of sp³-hybridized carbons (Fsp3) is 0.353. The Morgan fingerprint density at radius 1 is 1.17 bits per heavy atom. The lowest BCUT2D eigenvalue weighted by atomic mass is 10.2. The van der Waals surface area contributed by atoms with Gasteiger partial charge in [0.2, 0.25) is 0 Å². The van der Waals surface area contributed by atoms with E-state index in [0.29, 0.717) is 17.1 Å². The summed E-state index contributed by atoms with van der Waals surface area (Å²) in [5.41, 5.74) is 0.711. The van der Waals surface area contributed by atoms with E-state index in [1.54, 1.807) is 19.1 Å². The predicted molar refractivity (Wildman–Crippen MR) is 94.2 cm³/mol. The minimum Gasteiger partial charge on any atom is -0.370 e. The molecule has 24 heavy (non-hydrogen) atoms. The van der Waals surface area contributed by atoms with Crippen molar-refractivity contribution in [2.75, 3.05) is 16.6 Å². The van der Waals surface area contributed by atoms with Gasteiger partial charge in [0.05, 0.1) is 16.8 Å². The zero-order chi connectivity index (χ0) is 17.6. The van der Waals surface area contributed by atoms with E-state index in [-0.39, 0.29) is 4.90 Å². The maximum Gasteiger partial charge on any atom is 0.262 e. The van der Waals surface area contributed by atoms with Crippen molar-refractivity contribution in [2.24, 2.45) is 0 Å². The first-order valence-corrected chi connectivity index (χ1v) is 9.39. The van der Waals surface area contributed by atoms with Gasteiger partial charge in [-0.25, -0.2) is 17.8 Å². The van der Waals surface area contributed by atoms with Crippen LogP contribution in [0.25, 0.3) is 0 Å². The zero-order valence-electron chi connectivity index (χ0n) is 13.8. The van der Waals surface area contributed by atoms with Crippen LogP contribution in [0.1, 0.15) is 31.7 Å². The summed E-state index contributed by atoms with van der Waals surface area (Å²) in [4.78, 5) is 4.24. The summed E-state index contributed by atoms with van der Waals surface area (Å²) < 4.78 is 40.4. The van der Waals surface area contributed by atoms with E-state index in [2.05, 4.69) is 21.9 Å². The molecule has 0 aliphatic rings. The third-order valence-corrected chi connectivity index (χ3v) is 5.07. The van der Waals surface area contributed by atoms with E-state index in [1.165, 1.54) is 18.3 Å². The van der Waals surface area contributed by atoms with E-state index in [1.807, 2.05) is 0 Å². The Balaban J connectivity index is 2.04. The Kier molecular flexibility index (Phi) is 6.14. The Morgan fingerprint density at radius 2 is 1.96 bits per heavy atom. The molecule has 7 heteroatoms. The van der Waals surface area contributed by atoms with Gasteiger partial charge in [0.25, 0.3) is 10.0 Å². The molecule has 0 aliphatic carbocycles. The highest BCUT2D eigenvalue weighted by molar-refractivity contribution is 7.92. The van der Waals surface area contributed by atoms with Crippen molar-refractivity contribution >= 4 is 21.5 Å². The van der Waals surface area contributed by atoms with Gasteiger partial charge in [-0.1, -0.05) is 19.8 Å². The summed E-state index contributed by atoms with van der Waals surface area (Å²) in [6.07, 6.45) is 4.83. The topological polar surface area (TPSA) is 71.1 Å². The average molecular weight is 351 g/mol. The van der Waals surface area contributed by atoms with Crippen LogP contribution in [0, 0.1) is 12.7 Å². The lowest BCUT2D eigenvalue weighted by molar-refractivity contribution is 0.598. The highest BCUT2D eigenvalue weighted by Crippen LogP contribution is 2.20. The molecule has 0 amide bonds. The molecule has 2 N–H and O–H groups in total. The maximum absolute atomic E-state index is 13.1. The smallest absolute Gasteiger partial charge is 0.262 e. The molecule has 0 bridgehead atoms. The highest BCUT2D eigenvalue weighted by Gasteiger charge is 2.17. The van der Waals surface area contributed by atoms with Gasteiger partial charge >= 0.3 is 0 Å². The van der Waals surface area contributed by atoms with Crippen LogP contribution < -0.4 is 10.0 Å². The Hall–Kier alpha value is -2.15. The fourth-order valence-electron chi connectivity index (χ4n) is 2.27. The number of nitrogens with one attached hydrogen (secondary N) is 2. The minimum atomic E-state index is -3.77. The number of pyridine rings is 1. The second-order valence-electron chi connectivity index (χ2n) is 5.58. The molecule has 1 aromatic heterocycles. The number of halogens is 1. The molecule has 0 saturated carbocycles. The molecule has 5 nitrogen and oxygen atoms in total. The Morgan fingerprint density at radius 3 is 2.58 bits per heavy atom. The highest BCUT2D eigenvalue weighted by atomic mass is 32.2. The standard InChI is InChI=1S/C17H22FN3O2S/c1-3-4-5-10-19-17-9-7-15(12-20-17)21-24(22,23)16-8-6-14(18)11-13(16)2/h6-9,11-12,21H,3-5,10H2,1-2H3,(H,19,20). The normalized spacial score (nSPS) is 11.3. The van der Waals surface area contributed by atoms with Crippen molar-refractivity contribution in [2.45, 2.75) is 38.0 Å². The number of aryl methyl sites for hydroxylation is 1. The van der Waals surface area contributed by atoms with Crippen molar-refractivity contribution in [3.63, 3.8) is 0 Å². The van der Waals surface area contributed by atoms with Crippen molar-refractivity contribution in [1.82, 2.24) is 4.98 Å². The summed E-state index contributed by atoms with van der Waals surface area (Å²) in [7, 11) is -3.77. The third-order valence-electron chi connectivity index (χ3n) is 3.53. The Labute approximate surface area is 142 Å². The van der Waals surface area contributed by atoms with Gasteiger partial charge in [-0.15, -0.1) is 0 Å². The second kappa shape index (κ2) is 8.10. The fourth-order valence-corrected chi connectivity index (χ4v) is 3.55. The van der Waals surface area contributed by atoms with Gasteiger partial charge < -0.3 is 5.32 Å². The number of hydrogen-bond acceptors (Lipinski definition) is 4. The van der Waals surface area contributed by atoms with Crippen molar-refractivity contribution in [3.05, 3.63) is 47.9 Å². The first-order valence-electron chi connectivity index (χ1n) is 7.91. The molecule has 0 radical (unpaired) electrons. The third kappa shape index (κ3) is 4.92. The number of sulfonamides is 1. The van der Waals surface area contributed by atoms with Crippen LogP contribution in [0.2, 0.25) is 0 Å². The van der Waals surface area contributed by atoms with Gasteiger partial charge in [0.15, 0.2) is 0 Å². The molecule has 0 saturated heterocycles. The quantitative estimate of drug-likeness (QED) is 0.707. The van der Waals surface area contributed by atoms with Crippen molar-refractivity contribution in [1.29, 1.82) is 0 Å². The van der Waals surface area contributed by atoms with E-state index < -0.39 is 15.8 Å².